The van der Waals surface area contributed by atoms with Gasteiger partial charge in [0.15, 0.2) is 11.1 Å². The summed E-state index contributed by atoms with van der Waals surface area (Å²) < 4.78 is 48.4. The summed E-state index contributed by atoms with van der Waals surface area (Å²) in [5.41, 5.74) is 0. The van der Waals surface area contributed by atoms with Crippen LogP contribution in [0, 0.1) is 0 Å². The lowest BCUT2D eigenvalue weighted by molar-refractivity contribution is 0.0426. The molecule has 1 atom stereocenters. The molecule has 1 fully saturated rings. The van der Waals surface area contributed by atoms with Gasteiger partial charge in [-0.1, -0.05) is 0 Å². The Morgan fingerprint density at radius 1 is 1.35 bits per heavy atom. The van der Waals surface area contributed by atoms with Crippen LogP contribution < -0.4 is 0 Å². The van der Waals surface area contributed by atoms with Gasteiger partial charge in [0.25, 0.3) is 0 Å². The summed E-state index contributed by atoms with van der Waals surface area (Å²) in [4.78, 5) is 0. The smallest absolute Gasteiger partial charge is 0.211 e. The predicted molar refractivity (Wildman–Crippen MR) is 65.4 cm³/mol. The summed E-state index contributed by atoms with van der Waals surface area (Å²) in [7, 11) is -1.55. The molecule has 0 aromatic heterocycles. The van der Waals surface area contributed by atoms with Gasteiger partial charge in [0, 0.05) is 13.1 Å². The van der Waals surface area contributed by atoms with E-state index < -0.39 is 21.1 Å². The lowest BCUT2D eigenvalue weighted by Gasteiger charge is -2.33. The number of nitrogens with zero attached hydrogens (tertiary/aromatic N) is 1. The molecule has 0 radical (unpaired) electrons. The first kappa shape index (κ1) is 15.0. The topological polar surface area (TPSA) is 83.9 Å². The number of hydrogen-bond donors (Lipinski definition) is 1. The Kier molecular flexibility index (Phi) is 5.52. The highest BCUT2D eigenvalue weighted by Gasteiger charge is 2.28. The van der Waals surface area contributed by atoms with Gasteiger partial charge in [-0.15, -0.1) is 0 Å². The van der Waals surface area contributed by atoms with Crippen LogP contribution >= 0.6 is 0 Å². The minimum atomic E-state index is -3.14. The SMILES string of the molecule is CN([C@H]1CC[C@H](OCS(=O)O)CC1)S(C)(=O)=O. The molecule has 102 valence electrons. The van der Waals surface area contributed by atoms with Crippen molar-refractivity contribution in [2.24, 2.45) is 0 Å². The molecule has 1 aliphatic rings. The Morgan fingerprint density at radius 2 is 1.88 bits per heavy atom. The number of rotatable bonds is 5. The molecule has 0 spiro atoms. The van der Waals surface area contributed by atoms with Gasteiger partial charge in [-0.2, -0.15) is 0 Å². The maximum Gasteiger partial charge on any atom is 0.211 e. The monoisotopic (exact) mass is 285 g/mol. The van der Waals surface area contributed by atoms with Gasteiger partial charge in [0.05, 0.1) is 12.4 Å². The largest absolute Gasteiger partial charge is 0.362 e. The second kappa shape index (κ2) is 6.24. The summed E-state index contributed by atoms with van der Waals surface area (Å²) in [6.45, 7) is 0. The summed E-state index contributed by atoms with van der Waals surface area (Å²) in [5.74, 6) is -0.169. The molecule has 0 saturated heterocycles. The molecule has 1 saturated carbocycles. The van der Waals surface area contributed by atoms with Crippen LogP contribution in [0.2, 0.25) is 0 Å². The van der Waals surface area contributed by atoms with Crippen LogP contribution in [-0.2, 0) is 25.8 Å². The highest BCUT2D eigenvalue weighted by molar-refractivity contribution is 7.88. The van der Waals surface area contributed by atoms with E-state index in [9.17, 15) is 12.6 Å². The Hall–Kier alpha value is -0.0200. The molecule has 1 aliphatic carbocycles. The molecule has 0 aromatic carbocycles. The standard InChI is InChI=1S/C9H19NO5S2/c1-10(17(2,13)14)8-3-5-9(6-4-8)15-7-16(11)12/h8-9H,3-7H2,1-2H3,(H,11,12)/t8-,9-. The van der Waals surface area contributed by atoms with Crippen molar-refractivity contribution in [1.29, 1.82) is 0 Å². The first-order valence-corrected chi connectivity index (χ1v) is 8.55. The lowest BCUT2D eigenvalue weighted by Crippen LogP contribution is -2.40. The third-order valence-electron chi connectivity index (χ3n) is 3.09. The molecule has 8 heteroatoms. The highest BCUT2D eigenvalue weighted by atomic mass is 32.2. The molecule has 1 N–H and O–H groups in total. The number of ether oxygens (including phenoxy) is 1. The van der Waals surface area contributed by atoms with E-state index in [1.165, 1.54) is 10.6 Å². The van der Waals surface area contributed by atoms with Crippen molar-refractivity contribution in [3.8, 4) is 0 Å². The van der Waals surface area contributed by atoms with Crippen LogP contribution in [-0.4, -0.2) is 52.9 Å². The molecule has 0 heterocycles. The van der Waals surface area contributed by atoms with Crippen LogP contribution in [0.4, 0.5) is 0 Å². The fourth-order valence-corrected chi connectivity index (χ4v) is 3.06. The molecular formula is C9H19NO5S2. The van der Waals surface area contributed by atoms with Gasteiger partial charge in [0.2, 0.25) is 10.0 Å². The molecule has 0 aliphatic heterocycles. The van der Waals surface area contributed by atoms with E-state index in [2.05, 4.69) is 0 Å². The van der Waals surface area contributed by atoms with Crippen LogP contribution in [0.3, 0.4) is 0 Å². The van der Waals surface area contributed by atoms with E-state index in [4.69, 9.17) is 9.29 Å². The van der Waals surface area contributed by atoms with Crippen molar-refractivity contribution < 1.29 is 21.9 Å². The molecule has 17 heavy (non-hydrogen) atoms. The third-order valence-corrected chi connectivity index (χ3v) is 4.77. The first-order valence-electron chi connectivity index (χ1n) is 5.42. The summed E-state index contributed by atoms with van der Waals surface area (Å²) in [6.07, 6.45) is 4.07. The predicted octanol–water partition coefficient (Wildman–Crippen LogP) is 0.385. The van der Waals surface area contributed by atoms with E-state index in [1.807, 2.05) is 0 Å². The fraction of sp³-hybridized carbons (Fsp3) is 1.00. The van der Waals surface area contributed by atoms with E-state index in [-0.39, 0.29) is 18.1 Å². The maximum atomic E-state index is 11.3. The van der Waals surface area contributed by atoms with Gasteiger partial charge >= 0.3 is 0 Å². The van der Waals surface area contributed by atoms with Crippen molar-refractivity contribution in [1.82, 2.24) is 4.31 Å². The second-order valence-electron chi connectivity index (χ2n) is 4.32. The minimum absolute atomic E-state index is 0.0180. The Morgan fingerprint density at radius 3 is 2.29 bits per heavy atom. The Labute approximate surface area is 105 Å². The van der Waals surface area contributed by atoms with Gasteiger partial charge in [-0.05, 0) is 25.7 Å². The summed E-state index contributed by atoms with van der Waals surface area (Å²) in [5, 5.41) is 0. The van der Waals surface area contributed by atoms with E-state index in [1.54, 1.807) is 7.05 Å². The lowest BCUT2D eigenvalue weighted by atomic mass is 9.93. The molecule has 6 nitrogen and oxygen atoms in total. The zero-order valence-corrected chi connectivity index (χ0v) is 11.7. The molecule has 1 unspecified atom stereocenters. The number of sulfonamides is 1. The van der Waals surface area contributed by atoms with Gasteiger partial charge < -0.3 is 9.29 Å². The van der Waals surface area contributed by atoms with E-state index >= 15 is 0 Å². The minimum Gasteiger partial charge on any atom is -0.362 e. The van der Waals surface area contributed by atoms with Crippen LogP contribution in [0.1, 0.15) is 25.7 Å². The number of hydrogen-bond acceptors (Lipinski definition) is 4. The third kappa shape index (κ3) is 5.01. The summed E-state index contributed by atoms with van der Waals surface area (Å²) >= 11 is -1.93. The van der Waals surface area contributed by atoms with Gasteiger partial charge in [-0.3, -0.25) is 0 Å². The van der Waals surface area contributed by atoms with Crippen LogP contribution in [0.5, 0.6) is 0 Å². The second-order valence-corrected chi connectivity index (χ2v) is 7.24. The highest BCUT2D eigenvalue weighted by Crippen LogP contribution is 2.25. The van der Waals surface area contributed by atoms with Crippen molar-refractivity contribution >= 4 is 21.1 Å². The molecule has 0 bridgehead atoms. The normalized spacial score (nSPS) is 28.2. The zero-order valence-electron chi connectivity index (χ0n) is 10.0. The van der Waals surface area contributed by atoms with Crippen molar-refractivity contribution in [3.63, 3.8) is 0 Å². The summed E-state index contributed by atoms with van der Waals surface area (Å²) in [6, 6.07) is 0.0180. The molecule has 0 amide bonds. The average molecular weight is 285 g/mol. The van der Waals surface area contributed by atoms with Crippen molar-refractivity contribution in [2.45, 2.75) is 37.8 Å². The van der Waals surface area contributed by atoms with Crippen molar-refractivity contribution in [3.05, 3.63) is 0 Å². The van der Waals surface area contributed by atoms with Crippen LogP contribution in [0.15, 0.2) is 0 Å². The maximum absolute atomic E-state index is 11.3. The molecule has 0 aromatic rings. The van der Waals surface area contributed by atoms with Gasteiger partial charge in [-0.25, -0.2) is 16.9 Å². The molecule has 1 rings (SSSR count). The fourth-order valence-electron chi connectivity index (χ4n) is 2.00. The average Bonchev–Trinajstić information content (AvgIpc) is 2.25. The quantitative estimate of drug-likeness (QED) is 0.739. The van der Waals surface area contributed by atoms with Crippen LogP contribution in [0.25, 0.3) is 0 Å². The van der Waals surface area contributed by atoms with Gasteiger partial charge in [0.1, 0.15) is 5.94 Å². The van der Waals surface area contributed by atoms with Crippen molar-refractivity contribution in [2.75, 3.05) is 19.2 Å². The zero-order chi connectivity index (χ0) is 13.1. The molecular weight excluding hydrogens is 266 g/mol. The first-order chi connectivity index (χ1) is 7.80. The van der Waals surface area contributed by atoms with E-state index in [0.29, 0.717) is 0 Å². The Bertz CT molecular complexity index is 362. The Balaban J connectivity index is 2.38. The van der Waals surface area contributed by atoms with E-state index in [0.717, 1.165) is 25.7 Å².